The average Bonchev–Trinajstić information content (AvgIpc) is 3.19. The van der Waals surface area contributed by atoms with Crippen molar-refractivity contribution in [1.82, 2.24) is 0 Å². The first kappa shape index (κ1) is 23.3. The molecule has 0 aromatic rings. The van der Waals surface area contributed by atoms with Gasteiger partial charge in [0.15, 0.2) is 17.0 Å². The van der Waals surface area contributed by atoms with Crippen LogP contribution in [0.3, 0.4) is 0 Å². The van der Waals surface area contributed by atoms with Crippen molar-refractivity contribution in [2.75, 3.05) is 0 Å². The molecule has 11 unspecified atom stereocenters. The molecule has 4 bridgehead atoms. The van der Waals surface area contributed by atoms with Crippen molar-refractivity contribution >= 4 is 23.7 Å². The first-order chi connectivity index (χ1) is 17.2. The van der Waals surface area contributed by atoms with Gasteiger partial charge in [0.25, 0.3) is 0 Å². The van der Waals surface area contributed by atoms with Crippen LogP contribution in [-0.2, 0) is 33.4 Å². The Balaban J connectivity index is 1.56. The lowest BCUT2D eigenvalue weighted by Gasteiger charge is -2.64. The van der Waals surface area contributed by atoms with Crippen molar-refractivity contribution in [3.63, 3.8) is 0 Å². The molecule has 3 saturated heterocycles. The van der Waals surface area contributed by atoms with E-state index in [1.807, 2.05) is 6.08 Å². The van der Waals surface area contributed by atoms with E-state index in [9.17, 15) is 29.4 Å². The fourth-order valence-electron chi connectivity index (χ4n) is 9.37. The van der Waals surface area contributed by atoms with Gasteiger partial charge in [0, 0.05) is 5.92 Å². The van der Waals surface area contributed by atoms with E-state index in [-0.39, 0.29) is 25.0 Å². The number of fused-ring (bicyclic) bond motifs is 7. The first-order valence-electron chi connectivity index (χ1n) is 13.0. The Hall–Kier alpha value is -2.78. The summed E-state index contributed by atoms with van der Waals surface area (Å²) >= 11 is 0. The molecular weight excluding hydrogens is 480 g/mol. The minimum absolute atomic E-state index is 0.147. The fraction of sp³-hybridized carbons (Fsp3) is 0.643. The number of rotatable bonds is 0. The number of carbonyl (C=O) groups excluding carboxylic acids is 4. The van der Waals surface area contributed by atoms with Gasteiger partial charge in [0.2, 0.25) is 11.2 Å². The van der Waals surface area contributed by atoms with Crippen LogP contribution < -0.4 is 0 Å². The molecule has 196 valence electrons. The van der Waals surface area contributed by atoms with Crippen LogP contribution in [0.4, 0.5) is 0 Å². The first-order valence-corrected chi connectivity index (χ1v) is 13.0. The van der Waals surface area contributed by atoms with E-state index >= 15 is 0 Å². The molecule has 2 saturated carbocycles. The number of allylic oxidation sites excluding steroid dienone is 5. The van der Waals surface area contributed by atoms with Crippen molar-refractivity contribution in [2.45, 2.75) is 75.5 Å². The molecule has 4 aliphatic carbocycles. The summed E-state index contributed by atoms with van der Waals surface area (Å²) in [6.07, 6.45) is 7.73. The number of ether oxygens (including phenoxy) is 3. The van der Waals surface area contributed by atoms with E-state index in [1.165, 1.54) is 13.0 Å². The van der Waals surface area contributed by atoms with Crippen LogP contribution in [0.1, 0.15) is 47.0 Å². The summed E-state index contributed by atoms with van der Waals surface area (Å²) in [6, 6.07) is 0. The van der Waals surface area contributed by atoms with E-state index in [0.717, 1.165) is 5.57 Å². The molecule has 0 radical (unpaired) electrons. The second-order valence-corrected chi connectivity index (χ2v) is 12.7. The molecule has 2 N–H and O–H groups in total. The fourth-order valence-corrected chi connectivity index (χ4v) is 9.37. The van der Waals surface area contributed by atoms with Crippen LogP contribution in [0.5, 0.6) is 0 Å². The molecule has 37 heavy (non-hydrogen) atoms. The molecule has 1 spiro atoms. The monoisotopic (exact) mass is 510 g/mol. The van der Waals surface area contributed by atoms with Gasteiger partial charge >= 0.3 is 17.9 Å². The minimum atomic E-state index is -2.31. The average molecular weight is 511 g/mol. The highest BCUT2D eigenvalue weighted by Crippen LogP contribution is 2.74. The summed E-state index contributed by atoms with van der Waals surface area (Å²) in [4.78, 5) is 54.1. The van der Waals surface area contributed by atoms with Crippen molar-refractivity contribution in [3.8, 4) is 0 Å². The predicted molar refractivity (Wildman–Crippen MR) is 124 cm³/mol. The predicted octanol–water partition coefficient (Wildman–Crippen LogP) is 1.31. The number of hydrogen-bond donors (Lipinski definition) is 2. The normalized spacial score (nSPS) is 56.7. The summed E-state index contributed by atoms with van der Waals surface area (Å²) in [5.41, 5.74) is -9.69. The number of esters is 3. The minimum Gasteiger partial charge on any atom is -0.458 e. The highest BCUT2D eigenvalue weighted by atomic mass is 16.7. The maximum atomic E-state index is 14.1. The molecule has 9 nitrogen and oxygen atoms in total. The second-order valence-electron chi connectivity index (χ2n) is 12.7. The van der Waals surface area contributed by atoms with E-state index < -0.39 is 80.9 Å². The highest BCUT2D eigenvalue weighted by Gasteiger charge is 2.93. The molecule has 11 atom stereocenters. The van der Waals surface area contributed by atoms with Gasteiger partial charge in [0.1, 0.15) is 6.10 Å². The lowest BCUT2D eigenvalue weighted by atomic mass is 9.40. The molecule has 7 aliphatic rings. The maximum Gasteiger partial charge on any atom is 0.343 e. The Labute approximate surface area is 213 Å². The van der Waals surface area contributed by atoms with Crippen molar-refractivity contribution in [1.29, 1.82) is 0 Å². The van der Waals surface area contributed by atoms with E-state index in [1.54, 1.807) is 39.0 Å². The molecule has 3 aliphatic heterocycles. The van der Waals surface area contributed by atoms with Gasteiger partial charge < -0.3 is 24.4 Å². The number of hydrogen-bond acceptors (Lipinski definition) is 9. The molecule has 0 aromatic carbocycles. The summed E-state index contributed by atoms with van der Waals surface area (Å²) in [6.45, 7) is 6.77. The van der Waals surface area contributed by atoms with Crippen LogP contribution in [0.25, 0.3) is 0 Å². The topological polar surface area (TPSA) is 136 Å². The van der Waals surface area contributed by atoms with E-state index in [0.29, 0.717) is 0 Å². The SMILES string of the molecule is CC1C(=O)OC2CC1(C)C1C3(O)C(=O)OC14C(O)(CCC1C3C=CC3=CC=CC(=O)C31C)C(=O)OC24C. The molecule has 7 rings (SSSR count). The van der Waals surface area contributed by atoms with E-state index in [2.05, 4.69) is 0 Å². The van der Waals surface area contributed by atoms with Crippen molar-refractivity contribution < 1.29 is 43.6 Å². The van der Waals surface area contributed by atoms with Gasteiger partial charge in [0.05, 0.1) is 17.3 Å². The summed E-state index contributed by atoms with van der Waals surface area (Å²) in [5.74, 6) is -6.13. The zero-order valence-corrected chi connectivity index (χ0v) is 21.1. The van der Waals surface area contributed by atoms with Gasteiger partial charge in [-0.2, -0.15) is 0 Å². The van der Waals surface area contributed by atoms with Crippen LogP contribution in [0, 0.1) is 34.5 Å². The Bertz CT molecular complexity index is 1310. The Morgan fingerprint density at radius 2 is 1.73 bits per heavy atom. The van der Waals surface area contributed by atoms with Crippen LogP contribution in [0.15, 0.2) is 36.0 Å². The van der Waals surface area contributed by atoms with Gasteiger partial charge in [-0.1, -0.05) is 38.2 Å². The summed E-state index contributed by atoms with van der Waals surface area (Å²) in [5, 5.41) is 25.0. The lowest BCUT2D eigenvalue weighted by Crippen LogP contribution is -2.80. The van der Waals surface area contributed by atoms with E-state index in [4.69, 9.17) is 14.2 Å². The zero-order valence-electron chi connectivity index (χ0n) is 21.1. The molecule has 0 amide bonds. The highest BCUT2D eigenvalue weighted by molar-refractivity contribution is 6.00. The molecule has 9 heteroatoms. The Morgan fingerprint density at radius 1 is 1.00 bits per heavy atom. The lowest BCUT2D eigenvalue weighted by molar-refractivity contribution is -0.303. The third kappa shape index (κ3) is 2.06. The number of carbonyl (C=O) groups is 4. The van der Waals surface area contributed by atoms with Gasteiger partial charge in [-0.05, 0) is 56.1 Å². The van der Waals surface area contributed by atoms with Crippen LogP contribution in [0.2, 0.25) is 0 Å². The second kappa shape index (κ2) is 6.26. The molecular formula is C28H30O9. The van der Waals surface area contributed by atoms with Crippen molar-refractivity contribution in [2.24, 2.45) is 34.5 Å². The zero-order chi connectivity index (χ0) is 26.6. The summed E-state index contributed by atoms with van der Waals surface area (Å²) in [7, 11) is 0. The summed E-state index contributed by atoms with van der Waals surface area (Å²) < 4.78 is 17.7. The quantitative estimate of drug-likeness (QED) is 0.365. The number of ketones is 1. The van der Waals surface area contributed by atoms with Gasteiger partial charge in [-0.25, -0.2) is 9.59 Å². The van der Waals surface area contributed by atoms with Crippen LogP contribution >= 0.6 is 0 Å². The largest absolute Gasteiger partial charge is 0.458 e. The third-order valence-electron chi connectivity index (χ3n) is 11.5. The number of aliphatic hydroxyl groups is 2. The standard InChI is InChI=1S/C28H30O9/c1-13-19(30)35-18-12-23(13,2)20-27(34)16-9-8-14-6-5-7-17(29)24(14,3)15(16)10-11-26(33)21(31)36-25(18,4)28(20,26)37-22(27)32/h5-9,13,15-16,18,20,33-34H,10-12H2,1-4H3. The molecule has 5 fully saturated rings. The smallest absolute Gasteiger partial charge is 0.343 e. The van der Waals surface area contributed by atoms with Gasteiger partial charge in [-0.3, -0.25) is 9.59 Å². The van der Waals surface area contributed by atoms with Gasteiger partial charge in [-0.15, -0.1) is 0 Å². The van der Waals surface area contributed by atoms with Crippen LogP contribution in [-0.4, -0.2) is 62.4 Å². The maximum absolute atomic E-state index is 14.1. The Morgan fingerprint density at radius 3 is 2.46 bits per heavy atom. The third-order valence-corrected chi connectivity index (χ3v) is 11.5. The molecule has 0 aromatic heterocycles. The van der Waals surface area contributed by atoms with Crippen molar-refractivity contribution in [3.05, 3.63) is 36.0 Å². The molecule has 3 heterocycles. The Kier molecular flexibility index (Phi) is 3.95.